The fourth-order valence-electron chi connectivity index (χ4n) is 2.99. The summed E-state index contributed by atoms with van der Waals surface area (Å²) in [6, 6.07) is 15.8. The number of hydrogen-bond acceptors (Lipinski definition) is 5. The minimum absolute atomic E-state index is 0.213. The van der Waals surface area contributed by atoms with E-state index in [9.17, 15) is 13.2 Å². The summed E-state index contributed by atoms with van der Waals surface area (Å²) in [6.45, 7) is 2.35. The first-order valence-corrected chi connectivity index (χ1v) is 10.9. The Morgan fingerprint density at radius 3 is 2.43 bits per heavy atom. The van der Waals surface area contributed by atoms with Gasteiger partial charge in [0.25, 0.3) is 0 Å². The van der Waals surface area contributed by atoms with Crippen molar-refractivity contribution < 1.29 is 22.2 Å². The average molecular weight is 429 g/mol. The summed E-state index contributed by atoms with van der Waals surface area (Å²) in [5, 5.41) is 2.92. The Morgan fingerprint density at radius 2 is 1.83 bits per heavy atom. The van der Waals surface area contributed by atoms with Crippen molar-refractivity contribution in [1.29, 1.82) is 0 Å². The summed E-state index contributed by atoms with van der Waals surface area (Å²) in [6.07, 6.45) is 2.83. The van der Waals surface area contributed by atoms with Gasteiger partial charge < -0.3 is 9.73 Å². The zero-order valence-electron chi connectivity index (χ0n) is 16.4. The lowest BCUT2D eigenvalue weighted by atomic mass is 9.98. The molecule has 0 unspecified atom stereocenters. The largest absolute Gasteiger partial charge is 0.447 e. The first-order chi connectivity index (χ1) is 14.4. The van der Waals surface area contributed by atoms with E-state index in [0.29, 0.717) is 18.9 Å². The fraction of sp³-hybridized carbons (Fsp3) is 0.238. The van der Waals surface area contributed by atoms with Crippen molar-refractivity contribution in [2.24, 2.45) is 0 Å². The molecule has 8 nitrogen and oxygen atoms in total. The Labute approximate surface area is 175 Å². The van der Waals surface area contributed by atoms with E-state index in [4.69, 9.17) is 8.97 Å². The van der Waals surface area contributed by atoms with Crippen molar-refractivity contribution in [1.82, 2.24) is 10.3 Å². The van der Waals surface area contributed by atoms with Crippen molar-refractivity contribution in [2.45, 2.75) is 25.7 Å². The van der Waals surface area contributed by atoms with Gasteiger partial charge >= 0.3 is 10.3 Å². The second-order valence-corrected chi connectivity index (χ2v) is 7.84. The molecule has 1 heterocycles. The number of carbonyl (C=O) groups excluding carboxylic acids is 1. The molecule has 158 valence electrons. The third kappa shape index (κ3) is 5.91. The second-order valence-electron chi connectivity index (χ2n) is 6.69. The number of benzene rings is 2. The monoisotopic (exact) mass is 429 g/mol. The molecule has 2 aromatic carbocycles. The smallest absolute Gasteiger partial charge is 0.357 e. The van der Waals surface area contributed by atoms with Crippen LogP contribution in [0.15, 0.2) is 65.3 Å². The van der Waals surface area contributed by atoms with Gasteiger partial charge in [-0.3, -0.25) is 14.1 Å². The van der Waals surface area contributed by atoms with Crippen molar-refractivity contribution in [2.75, 3.05) is 11.3 Å². The number of hydrogen-bond donors (Lipinski definition) is 3. The number of nitrogens with one attached hydrogen (secondary N) is 2. The third-order valence-electron chi connectivity index (χ3n) is 4.49. The van der Waals surface area contributed by atoms with Gasteiger partial charge in [0.1, 0.15) is 12.2 Å². The molecule has 0 bridgehead atoms. The number of amides is 1. The highest BCUT2D eigenvalue weighted by Crippen LogP contribution is 2.24. The molecule has 3 rings (SSSR count). The number of nitrogens with zero attached hydrogens (tertiary/aromatic N) is 1. The molecule has 0 fully saturated rings. The van der Waals surface area contributed by atoms with E-state index in [-0.39, 0.29) is 11.6 Å². The van der Waals surface area contributed by atoms with Crippen LogP contribution in [0, 0.1) is 0 Å². The first-order valence-electron chi connectivity index (χ1n) is 9.47. The van der Waals surface area contributed by atoms with Crippen molar-refractivity contribution in [3.63, 3.8) is 0 Å². The van der Waals surface area contributed by atoms with Gasteiger partial charge in [-0.2, -0.15) is 8.42 Å². The van der Waals surface area contributed by atoms with Gasteiger partial charge in [0.05, 0.1) is 11.4 Å². The number of anilines is 1. The Morgan fingerprint density at radius 1 is 1.13 bits per heavy atom. The summed E-state index contributed by atoms with van der Waals surface area (Å²) in [7, 11) is -4.30. The summed E-state index contributed by atoms with van der Waals surface area (Å²) in [5.74, 6) is -0.501. The zero-order chi connectivity index (χ0) is 21.6. The molecule has 0 spiro atoms. The maximum atomic E-state index is 12.9. The number of aromatic nitrogens is 1. The van der Waals surface area contributed by atoms with Crippen LogP contribution in [0.5, 0.6) is 0 Å². The lowest BCUT2D eigenvalue weighted by Gasteiger charge is -2.14. The quantitative estimate of drug-likeness (QED) is 0.450. The molecule has 1 atom stereocenters. The lowest BCUT2D eigenvalue weighted by Crippen LogP contribution is -2.31. The fourth-order valence-corrected chi connectivity index (χ4v) is 3.42. The van der Waals surface area contributed by atoms with Crippen LogP contribution in [-0.4, -0.2) is 30.4 Å². The number of oxazole rings is 1. The van der Waals surface area contributed by atoms with Crippen LogP contribution in [0.25, 0.3) is 0 Å². The van der Waals surface area contributed by atoms with Gasteiger partial charge in [0.15, 0.2) is 0 Å². The first kappa shape index (κ1) is 21.5. The highest BCUT2D eigenvalue weighted by atomic mass is 32.2. The molecule has 9 heteroatoms. The SMILES string of the molecule is CCc1coc([C@@H](C(=O)NCCc2ccc(NS(=O)(=O)O)cc2)c2ccccc2)n1. The summed E-state index contributed by atoms with van der Waals surface area (Å²) in [4.78, 5) is 17.4. The molecule has 0 radical (unpaired) electrons. The predicted molar refractivity (Wildman–Crippen MR) is 112 cm³/mol. The third-order valence-corrected chi connectivity index (χ3v) is 4.98. The Hall–Kier alpha value is -3.17. The minimum Gasteiger partial charge on any atom is -0.447 e. The standard InChI is InChI=1S/C21H23N3O5S/c1-2-17-14-29-21(23-17)19(16-6-4-3-5-7-16)20(25)22-13-12-15-8-10-18(11-9-15)24-30(26,27)28/h3-11,14,19,24H,2,12-13H2,1H3,(H,22,25)(H,26,27,28)/t19-/m1/s1. The van der Waals surface area contributed by atoms with E-state index in [1.54, 1.807) is 18.4 Å². The van der Waals surface area contributed by atoms with Gasteiger partial charge in [-0.15, -0.1) is 0 Å². The van der Waals surface area contributed by atoms with E-state index in [0.717, 1.165) is 23.2 Å². The number of rotatable bonds is 9. The molecule has 1 amide bonds. The predicted octanol–water partition coefficient (Wildman–Crippen LogP) is 2.94. The van der Waals surface area contributed by atoms with E-state index in [1.807, 2.05) is 42.0 Å². The lowest BCUT2D eigenvalue weighted by molar-refractivity contribution is -0.122. The van der Waals surface area contributed by atoms with Crippen molar-refractivity contribution in [3.8, 4) is 0 Å². The molecule has 30 heavy (non-hydrogen) atoms. The van der Waals surface area contributed by atoms with Crippen LogP contribution in [0.2, 0.25) is 0 Å². The summed E-state index contributed by atoms with van der Waals surface area (Å²) in [5.41, 5.74) is 2.74. The summed E-state index contributed by atoms with van der Waals surface area (Å²) < 4.78 is 38.0. The highest BCUT2D eigenvalue weighted by Gasteiger charge is 2.27. The Balaban J connectivity index is 1.65. The molecule has 0 saturated heterocycles. The zero-order valence-corrected chi connectivity index (χ0v) is 17.2. The van der Waals surface area contributed by atoms with E-state index >= 15 is 0 Å². The van der Waals surface area contributed by atoms with Gasteiger partial charge in [-0.05, 0) is 36.1 Å². The molecule has 3 N–H and O–H groups in total. The van der Waals surface area contributed by atoms with Crippen LogP contribution < -0.4 is 10.0 Å². The molecule has 1 aromatic heterocycles. The molecular weight excluding hydrogens is 406 g/mol. The van der Waals surface area contributed by atoms with Crippen molar-refractivity contribution >= 4 is 21.9 Å². The molecule has 0 aliphatic heterocycles. The van der Waals surface area contributed by atoms with E-state index in [2.05, 4.69) is 10.3 Å². The molecule has 0 aliphatic carbocycles. The number of aryl methyl sites for hydroxylation is 1. The van der Waals surface area contributed by atoms with Gasteiger partial charge in [0, 0.05) is 6.54 Å². The normalized spacial score (nSPS) is 12.3. The average Bonchev–Trinajstić information content (AvgIpc) is 3.18. The summed E-state index contributed by atoms with van der Waals surface area (Å²) >= 11 is 0. The minimum atomic E-state index is -4.30. The maximum Gasteiger partial charge on any atom is 0.357 e. The van der Waals surface area contributed by atoms with Gasteiger partial charge in [-0.25, -0.2) is 4.98 Å². The van der Waals surface area contributed by atoms with Gasteiger partial charge in [0.2, 0.25) is 11.8 Å². The van der Waals surface area contributed by atoms with Gasteiger partial charge in [-0.1, -0.05) is 49.4 Å². The van der Waals surface area contributed by atoms with Crippen LogP contribution in [0.4, 0.5) is 5.69 Å². The highest BCUT2D eigenvalue weighted by molar-refractivity contribution is 7.87. The van der Waals surface area contributed by atoms with Crippen LogP contribution >= 0.6 is 0 Å². The van der Waals surface area contributed by atoms with E-state index < -0.39 is 16.2 Å². The maximum absolute atomic E-state index is 12.9. The van der Waals surface area contributed by atoms with Crippen LogP contribution in [0.1, 0.15) is 35.6 Å². The second kappa shape index (κ2) is 9.55. The Kier molecular flexibility index (Phi) is 6.86. The molecule has 0 saturated carbocycles. The van der Waals surface area contributed by atoms with E-state index in [1.165, 1.54) is 12.1 Å². The Bertz CT molecular complexity index is 1080. The van der Waals surface area contributed by atoms with Crippen LogP contribution in [0.3, 0.4) is 0 Å². The van der Waals surface area contributed by atoms with Crippen molar-refractivity contribution in [3.05, 3.63) is 83.6 Å². The number of carbonyl (C=O) groups is 1. The topological polar surface area (TPSA) is 122 Å². The molecule has 0 aliphatic rings. The van der Waals surface area contributed by atoms with Crippen LogP contribution in [-0.2, 0) is 27.9 Å². The molecular formula is C21H23N3O5S. The molecule has 3 aromatic rings.